The molecule has 0 aliphatic carbocycles. The molecule has 0 unspecified atom stereocenters. The van der Waals surface area contributed by atoms with E-state index in [1.807, 2.05) is 0 Å². The number of piperidine rings is 1. The van der Waals surface area contributed by atoms with Crippen LogP contribution in [0.15, 0.2) is 0 Å². The lowest BCUT2D eigenvalue weighted by atomic mass is 10.0. The molecule has 1 saturated heterocycles. The van der Waals surface area contributed by atoms with Crippen LogP contribution in [0.5, 0.6) is 0 Å². The van der Waals surface area contributed by atoms with Crippen molar-refractivity contribution >= 4 is 0 Å². The summed E-state index contributed by atoms with van der Waals surface area (Å²) in [5, 5.41) is 3.59. The molecule has 0 atom stereocenters. The second-order valence-electron chi connectivity index (χ2n) is 4.79. The summed E-state index contributed by atoms with van der Waals surface area (Å²) in [6, 6.07) is 0. The Kier molecular flexibility index (Phi) is 7.03. The molecule has 1 N–H and O–H groups in total. The Morgan fingerprint density at radius 2 is 1.73 bits per heavy atom. The Bertz CT molecular complexity index is 137. The normalized spacial score (nSPS) is 18.6. The highest BCUT2D eigenvalue weighted by molar-refractivity contribution is 4.66. The molecule has 1 fully saturated rings. The highest BCUT2D eigenvalue weighted by atomic mass is 15.1. The van der Waals surface area contributed by atoms with Crippen molar-refractivity contribution in [1.29, 1.82) is 0 Å². The maximum absolute atomic E-state index is 3.59. The smallest absolute Gasteiger partial charge is 0.0107 e. The van der Waals surface area contributed by atoms with Gasteiger partial charge < -0.3 is 10.2 Å². The second kappa shape index (κ2) is 8.12. The summed E-state index contributed by atoms with van der Waals surface area (Å²) in [6.07, 6.45) is 6.89. The maximum atomic E-state index is 3.59. The van der Waals surface area contributed by atoms with Gasteiger partial charge in [-0.2, -0.15) is 0 Å². The van der Waals surface area contributed by atoms with Crippen molar-refractivity contribution in [3.63, 3.8) is 0 Å². The van der Waals surface area contributed by atoms with Gasteiger partial charge >= 0.3 is 0 Å². The molecule has 0 aromatic rings. The van der Waals surface area contributed by atoms with Crippen molar-refractivity contribution in [3.8, 4) is 0 Å². The van der Waals surface area contributed by atoms with Crippen LogP contribution in [0.2, 0.25) is 0 Å². The zero-order chi connectivity index (χ0) is 10.9. The van der Waals surface area contributed by atoms with E-state index in [1.54, 1.807) is 0 Å². The molecule has 0 bridgehead atoms. The van der Waals surface area contributed by atoms with Crippen molar-refractivity contribution in [2.45, 2.75) is 46.0 Å². The van der Waals surface area contributed by atoms with Crippen molar-refractivity contribution in [2.75, 3.05) is 32.7 Å². The first-order valence-electron chi connectivity index (χ1n) is 6.79. The van der Waals surface area contributed by atoms with E-state index in [0.29, 0.717) is 0 Å². The van der Waals surface area contributed by atoms with Gasteiger partial charge in [-0.05, 0) is 38.4 Å². The van der Waals surface area contributed by atoms with Gasteiger partial charge in [0.2, 0.25) is 0 Å². The van der Waals surface area contributed by atoms with Crippen LogP contribution in [0.1, 0.15) is 46.0 Å². The Morgan fingerprint density at radius 1 is 1.07 bits per heavy atom. The minimum absolute atomic E-state index is 0.881. The van der Waals surface area contributed by atoms with Crippen LogP contribution in [0.4, 0.5) is 0 Å². The van der Waals surface area contributed by atoms with Gasteiger partial charge in [0.15, 0.2) is 0 Å². The van der Waals surface area contributed by atoms with E-state index in [4.69, 9.17) is 0 Å². The quantitative estimate of drug-likeness (QED) is 0.652. The third-order valence-corrected chi connectivity index (χ3v) is 3.64. The molecule has 2 heteroatoms. The fourth-order valence-corrected chi connectivity index (χ4v) is 2.30. The van der Waals surface area contributed by atoms with Crippen LogP contribution in [0, 0.1) is 5.92 Å². The van der Waals surface area contributed by atoms with E-state index in [1.165, 1.54) is 64.8 Å². The van der Waals surface area contributed by atoms with Gasteiger partial charge in [-0.15, -0.1) is 0 Å². The van der Waals surface area contributed by atoms with Gasteiger partial charge in [0.05, 0.1) is 0 Å². The molecule has 2 nitrogen and oxygen atoms in total. The number of nitrogens with one attached hydrogen (secondary N) is 1. The van der Waals surface area contributed by atoms with E-state index >= 15 is 0 Å². The standard InChI is InChI=1S/C13H28N2/c1-3-13(4-2)12-14-8-11-15-9-6-5-7-10-15/h13-14H,3-12H2,1-2H3. The minimum atomic E-state index is 0.881. The van der Waals surface area contributed by atoms with E-state index in [0.717, 1.165) is 5.92 Å². The average Bonchev–Trinajstić information content (AvgIpc) is 2.31. The SMILES string of the molecule is CCC(CC)CNCCN1CCCCC1. The summed E-state index contributed by atoms with van der Waals surface area (Å²) >= 11 is 0. The van der Waals surface area contributed by atoms with Gasteiger partial charge in [-0.1, -0.05) is 33.1 Å². The van der Waals surface area contributed by atoms with Crippen LogP contribution < -0.4 is 5.32 Å². The van der Waals surface area contributed by atoms with Crippen LogP contribution in [-0.4, -0.2) is 37.6 Å². The molecule has 0 saturated carbocycles. The largest absolute Gasteiger partial charge is 0.315 e. The zero-order valence-electron chi connectivity index (χ0n) is 10.6. The van der Waals surface area contributed by atoms with E-state index in [9.17, 15) is 0 Å². The molecule has 0 radical (unpaired) electrons. The van der Waals surface area contributed by atoms with E-state index in [-0.39, 0.29) is 0 Å². The van der Waals surface area contributed by atoms with Crippen molar-refractivity contribution in [1.82, 2.24) is 10.2 Å². The lowest BCUT2D eigenvalue weighted by Crippen LogP contribution is -2.37. The van der Waals surface area contributed by atoms with Crippen molar-refractivity contribution < 1.29 is 0 Å². The molecular weight excluding hydrogens is 184 g/mol. The second-order valence-corrected chi connectivity index (χ2v) is 4.79. The van der Waals surface area contributed by atoms with Crippen LogP contribution in [0.3, 0.4) is 0 Å². The van der Waals surface area contributed by atoms with Gasteiger partial charge in [0.1, 0.15) is 0 Å². The minimum Gasteiger partial charge on any atom is -0.315 e. The fraction of sp³-hybridized carbons (Fsp3) is 1.00. The highest BCUT2D eigenvalue weighted by Gasteiger charge is 2.09. The molecule has 0 amide bonds. The number of rotatable bonds is 7. The van der Waals surface area contributed by atoms with Crippen molar-refractivity contribution in [2.24, 2.45) is 5.92 Å². The van der Waals surface area contributed by atoms with Crippen LogP contribution in [0.25, 0.3) is 0 Å². The Hall–Kier alpha value is -0.0800. The molecule has 1 aliphatic rings. The summed E-state index contributed by atoms with van der Waals surface area (Å²) in [7, 11) is 0. The molecular formula is C13H28N2. The highest BCUT2D eigenvalue weighted by Crippen LogP contribution is 2.08. The van der Waals surface area contributed by atoms with Gasteiger partial charge in [0.25, 0.3) is 0 Å². The molecule has 1 aliphatic heterocycles. The molecule has 0 aromatic heterocycles. The summed E-state index contributed by atoms with van der Waals surface area (Å²) in [4.78, 5) is 2.60. The zero-order valence-corrected chi connectivity index (χ0v) is 10.6. The van der Waals surface area contributed by atoms with E-state index < -0.39 is 0 Å². The predicted octanol–water partition coefficient (Wildman–Crippen LogP) is 2.50. The molecule has 15 heavy (non-hydrogen) atoms. The molecule has 1 heterocycles. The number of hydrogen-bond acceptors (Lipinski definition) is 2. The first-order valence-corrected chi connectivity index (χ1v) is 6.79. The fourth-order valence-electron chi connectivity index (χ4n) is 2.30. The Labute approximate surface area is 95.4 Å². The molecule has 90 valence electrons. The Morgan fingerprint density at radius 3 is 2.33 bits per heavy atom. The van der Waals surface area contributed by atoms with Crippen molar-refractivity contribution in [3.05, 3.63) is 0 Å². The third-order valence-electron chi connectivity index (χ3n) is 3.64. The van der Waals surface area contributed by atoms with Gasteiger partial charge in [-0.25, -0.2) is 0 Å². The molecule has 0 aromatic carbocycles. The van der Waals surface area contributed by atoms with Gasteiger partial charge in [0, 0.05) is 13.1 Å². The Balaban J connectivity index is 1.95. The number of nitrogens with zero attached hydrogens (tertiary/aromatic N) is 1. The number of hydrogen-bond donors (Lipinski definition) is 1. The topological polar surface area (TPSA) is 15.3 Å². The maximum Gasteiger partial charge on any atom is 0.0107 e. The first-order chi connectivity index (χ1) is 7.36. The summed E-state index contributed by atoms with van der Waals surface area (Å²) in [5.41, 5.74) is 0. The van der Waals surface area contributed by atoms with Crippen LogP contribution in [-0.2, 0) is 0 Å². The monoisotopic (exact) mass is 212 g/mol. The predicted molar refractivity (Wildman–Crippen MR) is 67.2 cm³/mol. The first kappa shape index (κ1) is 13.0. The summed E-state index contributed by atoms with van der Waals surface area (Å²) in [6.45, 7) is 10.9. The van der Waals surface area contributed by atoms with E-state index in [2.05, 4.69) is 24.1 Å². The van der Waals surface area contributed by atoms with Gasteiger partial charge in [-0.3, -0.25) is 0 Å². The average molecular weight is 212 g/mol. The number of likely N-dealkylation sites (tertiary alicyclic amines) is 1. The lowest BCUT2D eigenvalue weighted by Gasteiger charge is -2.26. The molecule has 0 spiro atoms. The summed E-state index contributed by atoms with van der Waals surface area (Å²) in [5.74, 6) is 0.881. The molecule has 1 rings (SSSR count). The third kappa shape index (κ3) is 5.53. The van der Waals surface area contributed by atoms with Crippen LogP contribution >= 0.6 is 0 Å². The summed E-state index contributed by atoms with van der Waals surface area (Å²) < 4.78 is 0. The lowest BCUT2D eigenvalue weighted by molar-refractivity contribution is 0.227.